The Labute approximate surface area is 93.4 Å². The van der Waals surface area contributed by atoms with Crippen molar-refractivity contribution in [2.45, 2.75) is 13.0 Å². The molecule has 1 rings (SSSR count). The summed E-state index contributed by atoms with van der Waals surface area (Å²) in [5, 5.41) is 12.3. The lowest BCUT2D eigenvalue weighted by Gasteiger charge is -2.14. The van der Waals surface area contributed by atoms with Gasteiger partial charge in [0.1, 0.15) is 6.04 Å². The van der Waals surface area contributed by atoms with Crippen LogP contribution in [0, 0.1) is 6.92 Å². The SMILES string of the molecule is C=CC(Nc1cccc(Cl)c1C)C(=O)O. The molecule has 0 saturated carbocycles. The predicted molar refractivity (Wildman–Crippen MR) is 61.4 cm³/mol. The van der Waals surface area contributed by atoms with Crippen LogP contribution in [0.4, 0.5) is 5.69 Å². The third kappa shape index (κ3) is 2.73. The van der Waals surface area contributed by atoms with Crippen LogP contribution in [0.5, 0.6) is 0 Å². The molecule has 0 fully saturated rings. The molecule has 3 nitrogen and oxygen atoms in total. The van der Waals surface area contributed by atoms with Crippen LogP contribution in [0.1, 0.15) is 5.56 Å². The summed E-state index contributed by atoms with van der Waals surface area (Å²) in [6.07, 6.45) is 1.34. The maximum absolute atomic E-state index is 10.8. The van der Waals surface area contributed by atoms with Crippen LogP contribution < -0.4 is 5.32 Å². The third-order valence-corrected chi connectivity index (χ3v) is 2.49. The summed E-state index contributed by atoms with van der Waals surface area (Å²) in [4.78, 5) is 10.8. The van der Waals surface area contributed by atoms with Crippen LogP contribution in [0.25, 0.3) is 0 Å². The summed E-state index contributed by atoms with van der Waals surface area (Å²) in [5.74, 6) is -0.968. The van der Waals surface area contributed by atoms with E-state index >= 15 is 0 Å². The summed E-state index contributed by atoms with van der Waals surface area (Å²) >= 11 is 5.91. The van der Waals surface area contributed by atoms with Gasteiger partial charge in [0, 0.05) is 10.7 Å². The van der Waals surface area contributed by atoms with Gasteiger partial charge in [-0.1, -0.05) is 23.7 Å². The van der Waals surface area contributed by atoms with Crippen molar-refractivity contribution >= 4 is 23.3 Å². The Bertz CT molecular complexity index is 390. The zero-order valence-corrected chi connectivity index (χ0v) is 9.08. The molecule has 1 aromatic rings. The van der Waals surface area contributed by atoms with Crippen molar-refractivity contribution in [1.82, 2.24) is 0 Å². The first-order valence-corrected chi connectivity index (χ1v) is 4.81. The fourth-order valence-electron chi connectivity index (χ4n) is 1.15. The topological polar surface area (TPSA) is 49.3 Å². The van der Waals surface area contributed by atoms with Crippen LogP contribution in [-0.4, -0.2) is 17.1 Å². The number of nitrogens with one attached hydrogen (secondary N) is 1. The lowest BCUT2D eigenvalue weighted by molar-refractivity contribution is -0.136. The fourth-order valence-corrected chi connectivity index (χ4v) is 1.33. The molecule has 0 heterocycles. The molecule has 0 amide bonds. The predicted octanol–water partition coefficient (Wildman–Crippen LogP) is 2.70. The summed E-state index contributed by atoms with van der Waals surface area (Å²) in [6, 6.07) is 4.49. The second kappa shape index (κ2) is 4.84. The highest BCUT2D eigenvalue weighted by Crippen LogP contribution is 2.23. The zero-order valence-electron chi connectivity index (χ0n) is 8.33. The quantitative estimate of drug-likeness (QED) is 0.775. The lowest BCUT2D eigenvalue weighted by Crippen LogP contribution is -2.26. The Hall–Kier alpha value is -1.48. The normalized spacial score (nSPS) is 11.9. The summed E-state index contributed by atoms with van der Waals surface area (Å²) < 4.78 is 0. The molecule has 0 bridgehead atoms. The smallest absolute Gasteiger partial charge is 0.330 e. The highest BCUT2D eigenvalue weighted by atomic mass is 35.5. The van der Waals surface area contributed by atoms with E-state index in [1.165, 1.54) is 6.08 Å². The number of hydrogen-bond donors (Lipinski definition) is 2. The monoisotopic (exact) mass is 225 g/mol. The van der Waals surface area contributed by atoms with E-state index in [4.69, 9.17) is 16.7 Å². The minimum atomic E-state index is -0.968. The number of benzene rings is 1. The first-order chi connectivity index (χ1) is 7.06. The summed E-state index contributed by atoms with van der Waals surface area (Å²) in [6.45, 7) is 5.28. The van der Waals surface area contributed by atoms with Crippen molar-refractivity contribution in [3.63, 3.8) is 0 Å². The van der Waals surface area contributed by atoms with Crippen LogP contribution in [-0.2, 0) is 4.79 Å². The highest BCUT2D eigenvalue weighted by Gasteiger charge is 2.13. The van der Waals surface area contributed by atoms with Gasteiger partial charge in [-0.3, -0.25) is 0 Å². The average molecular weight is 226 g/mol. The maximum atomic E-state index is 10.8. The van der Waals surface area contributed by atoms with E-state index in [0.717, 1.165) is 5.56 Å². The zero-order chi connectivity index (χ0) is 11.4. The number of rotatable bonds is 4. The Morgan fingerprint density at radius 1 is 1.67 bits per heavy atom. The Kier molecular flexibility index (Phi) is 3.74. The molecule has 0 saturated heterocycles. The van der Waals surface area contributed by atoms with E-state index in [-0.39, 0.29) is 0 Å². The number of hydrogen-bond acceptors (Lipinski definition) is 2. The van der Waals surface area contributed by atoms with Crippen molar-refractivity contribution in [3.05, 3.63) is 41.4 Å². The maximum Gasteiger partial charge on any atom is 0.330 e. The molecule has 0 spiro atoms. The molecule has 1 aromatic carbocycles. The molecule has 0 aromatic heterocycles. The number of anilines is 1. The van der Waals surface area contributed by atoms with E-state index in [2.05, 4.69) is 11.9 Å². The number of halogens is 1. The number of aliphatic carboxylic acids is 1. The van der Waals surface area contributed by atoms with Crippen LogP contribution >= 0.6 is 11.6 Å². The van der Waals surface area contributed by atoms with Gasteiger partial charge in [0.05, 0.1) is 0 Å². The van der Waals surface area contributed by atoms with Crippen molar-refractivity contribution in [2.75, 3.05) is 5.32 Å². The van der Waals surface area contributed by atoms with Gasteiger partial charge in [0.25, 0.3) is 0 Å². The van der Waals surface area contributed by atoms with Gasteiger partial charge < -0.3 is 10.4 Å². The van der Waals surface area contributed by atoms with E-state index in [1.807, 2.05) is 6.92 Å². The summed E-state index contributed by atoms with van der Waals surface area (Å²) in [7, 11) is 0. The van der Waals surface area contributed by atoms with Gasteiger partial charge in [0.2, 0.25) is 0 Å². The van der Waals surface area contributed by atoms with Gasteiger partial charge in [-0.05, 0) is 24.6 Å². The van der Waals surface area contributed by atoms with Gasteiger partial charge in [-0.25, -0.2) is 4.79 Å². The van der Waals surface area contributed by atoms with E-state index in [1.54, 1.807) is 18.2 Å². The van der Waals surface area contributed by atoms with Crippen LogP contribution in [0.2, 0.25) is 5.02 Å². The molecular formula is C11H12ClNO2. The van der Waals surface area contributed by atoms with Crippen molar-refractivity contribution < 1.29 is 9.90 Å². The van der Waals surface area contributed by atoms with Crippen molar-refractivity contribution in [1.29, 1.82) is 0 Å². The Morgan fingerprint density at radius 3 is 2.87 bits per heavy atom. The molecule has 4 heteroatoms. The van der Waals surface area contributed by atoms with Gasteiger partial charge >= 0.3 is 5.97 Å². The van der Waals surface area contributed by atoms with Gasteiger partial charge in [-0.15, -0.1) is 6.58 Å². The largest absolute Gasteiger partial charge is 0.479 e. The molecule has 0 aliphatic carbocycles. The molecule has 15 heavy (non-hydrogen) atoms. The number of carboxylic acids is 1. The lowest BCUT2D eigenvalue weighted by atomic mass is 10.1. The Morgan fingerprint density at radius 2 is 2.33 bits per heavy atom. The second-order valence-electron chi connectivity index (χ2n) is 3.11. The molecule has 1 atom stereocenters. The average Bonchev–Trinajstić information content (AvgIpc) is 2.19. The second-order valence-corrected chi connectivity index (χ2v) is 3.52. The van der Waals surface area contributed by atoms with Crippen LogP contribution in [0.15, 0.2) is 30.9 Å². The molecule has 0 aliphatic heterocycles. The van der Waals surface area contributed by atoms with E-state index < -0.39 is 12.0 Å². The third-order valence-electron chi connectivity index (χ3n) is 2.08. The molecule has 80 valence electrons. The number of carboxylic acid groups (broad SMARTS) is 1. The van der Waals surface area contributed by atoms with Crippen molar-refractivity contribution in [2.24, 2.45) is 0 Å². The molecule has 0 radical (unpaired) electrons. The minimum absolute atomic E-state index is 0.605. The number of carbonyl (C=O) groups is 1. The highest BCUT2D eigenvalue weighted by molar-refractivity contribution is 6.31. The van der Waals surface area contributed by atoms with E-state index in [0.29, 0.717) is 10.7 Å². The minimum Gasteiger partial charge on any atom is -0.479 e. The molecule has 1 unspecified atom stereocenters. The molecular weight excluding hydrogens is 214 g/mol. The molecule has 2 N–H and O–H groups in total. The van der Waals surface area contributed by atoms with Gasteiger partial charge in [-0.2, -0.15) is 0 Å². The summed E-state index contributed by atoms with van der Waals surface area (Å²) in [5.41, 5.74) is 1.53. The first kappa shape index (κ1) is 11.6. The van der Waals surface area contributed by atoms with Gasteiger partial charge in [0.15, 0.2) is 0 Å². The standard InChI is InChI=1S/C11H12ClNO2/c1-3-9(11(14)15)13-10-6-4-5-8(12)7(10)2/h3-6,9,13H,1H2,2H3,(H,14,15). The fraction of sp³-hybridized carbons (Fsp3) is 0.182. The Balaban J connectivity index is 2.93. The van der Waals surface area contributed by atoms with E-state index in [9.17, 15) is 4.79 Å². The van der Waals surface area contributed by atoms with Crippen LogP contribution in [0.3, 0.4) is 0 Å². The first-order valence-electron chi connectivity index (χ1n) is 4.43. The molecule has 0 aliphatic rings. The van der Waals surface area contributed by atoms with Crippen molar-refractivity contribution in [3.8, 4) is 0 Å².